The molecule has 0 radical (unpaired) electrons. The van der Waals surface area contributed by atoms with E-state index in [1.807, 2.05) is 6.92 Å². The van der Waals surface area contributed by atoms with Gasteiger partial charge in [-0.2, -0.15) is 4.39 Å². The number of allylic oxidation sites excluding steroid dienone is 1. The number of carbonyl (C=O) groups is 1. The third-order valence-corrected chi connectivity index (χ3v) is 6.11. The minimum Gasteiger partial charge on any atom is -0.508 e. The van der Waals surface area contributed by atoms with Gasteiger partial charge in [0, 0.05) is 11.1 Å². The Balaban J connectivity index is 2.15. The number of aromatic hydroxyl groups is 1. The Labute approximate surface area is 219 Å². The van der Waals surface area contributed by atoms with Gasteiger partial charge in [0.2, 0.25) is 12.2 Å². The summed E-state index contributed by atoms with van der Waals surface area (Å²) < 4.78 is 34.9. The Bertz CT molecular complexity index is 1410. The standard InChI is InChI=1S/C27H30F2N6O3/c1-6-14(2)21(17-10-11-20(38-5)24(29)23(17)28)22-25(30)31-12-32-27(22)34-16(4)26(33-13-36)35-18-8-7-9-19(37)15(18)3/h7-13,16,37H,6H2,1-5H3,(H,33,35,36)(H3,30,31,32,34)/b21-14+. The van der Waals surface area contributed by atoms with Gasteiger partial charge < -0.3 is 26.2 Å². The molecular formula is C27H30F2N6O3. The van der Waals surface area contributed by atoms with Crippen LogP contribution in [0.3, 0.4) is 0 Å². The van der Waals surface area contributed by atoms with E-state index in [0.29, 0.717) is 35.2 Å². The summed E-state index contributed by atoms with van der Waals surface area (Å²) in [7, 11) is 1.25. The van der Waals surface area contributed by atoms with Crippen molar-refractivity contribution >= 4 is 35.1 Å². The molecule has 0 saturated heterocycles. The number of amides is 1. The van der Waals surface area contributed by atoms with Crippen LogP contribution in [0.2, 0.25) is 0 Å². The van der Waals surface area contributed by atoms with Gasteiger partial charge in [0.15, 0.2) is 11.6 Å². The summed E-state index contributed by atoms with van der Waals surface area (Å²) in [5.74, 6) is -1.92. The van der Waals surface area contributed by atoms with E-state index in [-0.39, 0.29) is 40.1 Å². The lowest BCUT2D eigenvalue weighted by atomic mass is 9.92. The van der Waals surface area contributed by atoms with Crippen LogP contribution < -0.4 is 21.1 Å². The van der Waals surface area contributed by atoms with E-state index >= 15 is 4.39 Å². The predicted molar refractivity (Wildman–Crippen MR) is 144 cm³/mol. The number of aromatic nitrogens is 2. The first-order chi connectivity index (χ1) is 18.1. The summed E-state index contributed by atoms with van der Waals surface area (Å²) in [5.41, 5.74) is 8.51. The molecule has 0 saturated carbocycles. The van der Waals surface area contributed by atoms with Crippen LogP contribution in [0.4, 0.5) is 26.1 Å². The third-order valence-electron chi connectivity index (χ3n) is 6.11. The molecule has 38 heavy (non-hydrogen) atoms. The highest BCUT2D eigenvalue weighted by Crippen LogP contribution is 2.38. The number of hydrogen-bond donors (Lipinski definition) is 4. The van der Waals surface area contributed by atoms with Crippen LogP contribution in [0.15, 0.2) is 47.2 Å². The van der Waals surface area contributed by atoms with Crippen molar-refractivity contribution in [3.05, 3.63) is 70.6 Å². The predicted octanol–water partition coefficient (Wildman–Crippen LogP) is 4.87. The van der Waals surface area contributed by atoms with Gasteiger partial charge in [0.1, 0.15) is 29.5 Å². The Morgan fingerprint density at radius 1 is 1.24 bits per heavy atom. The van der Waals surface area contributed by atoms with Gasteiger partial charge in [-0.15, -0.1) is 0 Å². The number of anilines is 2. The van der Waals surface area contributed by atoms with E-state index < -0.39 is 17.7 Å². The van der Waals surface area contributed by atoms with Crippen LogP contribution in [0.25, 0.3) is 5.57 Å². The van der Waals surface area contributed by atoms with Gasteiger partial charge in [-0.25, -0.2) is 19.4 Å². The van der Waals surface area contributed by atoms with Crippen LogP contribution in [-0.4, -0.2) is 40.5 Å². The van der Waals surface area contributed by atoms with E-state index in [9.17, 15) is 14.3 Å². The largest absolute Gasteiger partial charge is 0.508 e. The Hall–Kier alpha value is -4.54. The molecule has 1 unspecified atom stereocenters. The number of hydrogen-bond acceptors (Lipinski definition) is 8. The molecule has 5 N–H and O–H groups in total. The molecule has 0 spiro atoms. The molecule has 11 heteroatoms. The minimum absolute atomic E-state index is 0.0323. The second-order valence-electron chi connectivity index (χ2n) is 8.48. The number of nitrogens with one attached hydrogen (secondary N) is 2. The highest BCUT2D eigenvalue weighted by molar-refractivity contribution is 5.99. The van der Waals surface area contributed by atoms with Crippen molar-refractivity contribution in [2.75, 3.05) is 18.2 Å². The highest BCUT2D eigenvalue weighted by atomic mass is 19.2. The first kappa shape index (κ1) is 28.0. The quantitative estimate of drug-likeness (QED) is 0.178. The zero-order valence-electron chi connectivity index (χ0n) is 21.8. The fourth-order valence-electron chi connectivity index (χ4n) is 3.84. The molecule has 1 atom stereocenters. The average molecular weight is 525 g/mol. The summed E-state index contributed by atoms with van der Waals surface area (Å²) in [6.07, 6.45) is 2.22. The van der Waals surface area contributed by atoms with Gasteiger partial charge in [-0.1, -0.05) is 18.6 Å². The molecular weight excluding hydrogens is 494 g/mol. The Kier molecular flexibility index (Phi) is 8.95. The number of rotatable bonds is 9. The van der Waals surface area contributed by atoms with Gasteiger partial charge in [-0.05, 0) is 57.0 Å². The molecule has 200 valence electrons. The number of phenols is 1. The van der Waals surface area contributed by atoms with Crippen molar-refractivity contribution in [2.24, 2.45) is 4.99 Å². The fraction of sp³-hybridized carbons (Fsp3) is 0.259. The van der Waals surface area contributed by atoms with Crippen LogP contribution in [0.5, 0.6) is 11.5 Å². The maximum absolute atomic E-state index is 15.3. The summed E-state index contributed by atoms with van der Waals surface area (Å²) in [4.78, 5) is 24.3. The van der Waals surface area contributed by atoms with E-state index in [1.165, 1.54) is 31.6 Å². The monoisotopic (exact) mass is 524 g/mol. The maximum Gasteiger partial charge on any atom is 0.212 e. The number of ether oxygens (including phenoxy) is 1. The normalized spacial score (nSPS) is 13.0. The highest BCUT2D eigenvalue weighted by Gasteiger charge is 2.25. The Morgan fingerprint density at radius 3 is 2.63 bits per heavy atom. The molecule has 3 aromatic rings. The van der Waals surface area contributed by atoms with Crippen LogP contribution in [0.1, 0.15) is 43.9 Å². The third kappa shape index (κ3) is 5.72. The van der Waals surface area contributed by atoms with E-state index in [0.717, 1.165) is 0 Å². The summed E-state index contributed by atoms with van der Waals surface area (Å²) in [6, 6.07) is 6.96. The number of aliphatic imine (C=N–C) groups is 1. The molecule has 0 aliphatic carbocycles. The second kappa shape index (κ2) is 12.1. The lowest BCUT2D eigenvalue weighted by Gasteiger charge is -2.22. The molecule has 0 fully saturated rings. The topological polar surface area (TPSA) is 135 Å². The Morgan fingerprint density at radius 2 is 1.97 bits per heavy atom. The number of carbonyl (C=O) groups excluding carboxylic acids is 1. The van der Waals surface area contributed by atoms with Crippen molar-refractivity contribution in [3.63, 3.8) is 0 Å². The summed E-state index contributed by atoms with van der Waals surface area (Å²) in [6.45, 7) is 7.07. The van der Waals surface area contributed by atoms with Gasteiger partial charge in [-0.3, -0.25) is 4.79 Å². The maximum atomic E-state index is 15.3. The lowest BCUT2D eigenvalue weighted by Crippen LogP contribution is -2.37. The van der Waals surface area contributed by atoms with Crippen molar-refractivity contribution in [1.29, 1.82) is 0 Å². The van der Waals surface area contributed by atoms with Gasteiger partial charge >= 0.3 is 0 Å². The molecule has 0 aliphatic heterocycles. The summed E-state index contributed by atoms with van der Waals surface area (Å²) >= 11 is 0. The molecule has 1 amide bonds. The molecule has 0 aliphatic rings. The van der Waals surface area contributed by atoms with Crippen LogP contribution in [0, 0.1) is 18.6 Å². The number of nitrogens with zero attached hydrogens (tertiary/aromatic N) is 3. The van der Waals surface area contributed by atoms with E-state index in [1.54, 1.807) is 32.9 Å². The number of halogens is 2. The molecule has 9 nitrogen and oxygen atoms in total. The van der Waals surface area contributed by atoms with Crippen LogP contribution >= 0.6 is 0 Å². The number of amidine groups is 1. The van der Waals surface area contributed by atoms with Gasteiger partial charge in [0.05, 0.1) is 24.4 Å². The number of nitrogen functional groups attached to an aromatic ring is 1. The SMILES string of the molecule is CC/C(C)=C(\c1ccc(OC)c(F)c1F)c1c(N)ncnc1NC(C)/C(=N/c1cccc(O)c1C)NC=O. The molecule has 1 aromatic heterocycles. The number of nitrogens with two attached hydrogens (primary N) is 1. The molecule has 3 rings (SSSR count). The van der Waals surface area contributed by atoms with E-state index in [2.05, 4.69) is 25.6 Å². The zero-order valence-corrected chi connectivity index (χ0v) is 21.8. The molecule has 0 bridgehead atoms. The van der Waals surface area contributed by atoms with Crippen molar-refractivity contribution in [1.82, 2.24) is 15.3 Å². The van der Waals surface area contributed by atoms with Gasteiger partial charge in [0.25, 0.3) is 0 Å². The first-order valence-electron chi connectivity index (χ1n) is 11.8. The second-order valence-corrected chi connectivity index (χ2v) is 8.48. The number of phenolic OH excluding ortho intramolecular Hbond substituents is 1. The molecule has 2 aromatic carbocycles. The minimum atomic E-state index is -1.13. The molecule has 1 heterocycles. The summed E-state index contributed by atoms with van der Waals surface area (Å²) in [5, 5.41) is 15.8. The zero-order chi connectivity index (χ0) is 28.0. The lowest BCUT2D eigenvalue weighted by molar-refractivity contribution is -0.108. The average Bonchev–Trinajstić information content (AvgIpc) is 2.90. The first-order valence-corrected chi connectivity index (χ1v) is 11.8. The number of benzene rings is 2. The fourth-order valence-corrected chi connectivity index (χ4v) is 3.84. The van der Waals surface area contributed by atoms with Crippen molar-refractivity contribution in [3.8, 4) is 11.5 Å². The van der Waals surface area contributed by atoms with Crippen molar-refractivity contribution in [2.45, 2.75) is 40.2 Å². The van der Waals surface area contributed by atoms with Crippen molar-refractivity contribution < 1.29 is 23.4 Å². The smallest absolute Gasteiger partial charge is 0.212 e. The number of methoxy groups -OCH3 is 1. The van der Waals surface area contributed by atoms with Crippen LogP contribution in [-0.2, 0) is 4.79 Å². The van der Waals surface area contributed by atoms with E-state index in [4.69, 9.17) is 10.5 Å².